The number of methoxy groups -OCH3 is 1. The van der Waals surface area contributed by atoms with Gasteiger partial charge in [0, 0.05) is 37.1 Å². The van der Waals surface area contributed by atoms with Crippen LogP contribution in [0.3, 0.4) is 0 Å². The molecule has 2 aromatic heterocycles. The van der Waals surface area contributed by atoms with Gasteiger partial charge in [0.1, 0.15) is 23.8 Å². The van der Waals surface area contributed by atoms with Crippen LogP contribution in [0.15, 0.2) is 48.8 Å². The van der Waals surface area contributed by atoms with Crippen LogP contribution in [0.25, 0.3) is 16.6 Å². The molecule has 0 saturated carbocycles. The minimum absolute atomic E-state index is 0.187. The first-order valence-corrected chi connectivity index (χ1v) is 10.9. The highest BCUT2D eigenvalue weighted by Crippen LogP contribution is 2.38. The molecule has 4 aromatic rings. The third-order valence-corrected chi connectivity index (χ3v) is 6.37. The molecule has 0 amide bonds. The summed E-state index contributed by atoms with van der Waals surface area (Å²) in [4.78, 5) is 21.4. The van der Waals surface area contributed by atoms with Crippen LogP contribution >= 0.6 is 11.6 Å². The Hall–Kier alpha value is -3.23. The van der Waals surface area contributed by atoms with E-state index in [4.69, 9.17) is 25.8 Å². The zero-order chi connectivity index (χ0) is 23.0. The molecule has 0 spiro atoms. The highest BCUT2D eigenvalue weighted by molar-refractivity contribution is 6.29. The fraction of sp³-hybridized carbons (Fsp3) is 0.292. The summed E-state index contributed by atoms with van der Waals surface area (Å²) in [7, 11) is 1.34. The number of fused-ring (bicyclic) bond motifs is 3. The van der Waals surface area contributed by atoms with Crippen molar-refractivity contribution >= 4 is 34.1 Å². The van der Waals surface area contributed by atoms with Gasteiger partial charge in [-0.15, -0.1) is 0 Å². The van der Waals surface area contributed by atoms with Crippen molar-refractivity contribution in [2.24, 2.45) is 0 Å². The minimum atomic E-state index is -0.952. The van der Waals surface area contributed by atoms with Crippen LogP contribution in [-0.2, 0) is 26.3 Å². The highest BCUT2D eigenvalue weighted by atomic mass is 35.5. The fourth-order valence-corrected chi connectivity index (χ4v) is 4.60. The summed E-state index contributed by atoms with van der Waals surface area (Å²) in [6.45, 7) is 0.989. The molecule has 0 N–H and O–H groups in total. The molecule has 0 aliphatic carbocycles. The summed E-state index contributed by atoms with van der Waals surface area (Å²) in [5, 5.41) is 1.17. The monoisotopic (exact) mass is 469 g/mol. The van der Waals surface area contributed by atoms with E-state index in [1.165, 1.54) is 19.2 Å². The summed E-state index contributed by atoms with van der Waals surface area (Å²) < 4.78 is 32.6. The molecule has 1 aliphatic heterocycles. The van der Waals surface area contributed by atoms with Gasteiger partial charge in [-0.25, -0.2) is 14.4 Å². The second-order valence-electron chi connectivity index (χ2n) is 8.00. The number of aromatic nitrogens is 3. The molecule has 33 heavy (non-hydrogen) atoms. The summed E-state index contributed by atoms with van der Waals surface area (Å²) in [5.41, 5.74) is 1.82. The molecule has 3 heterocycles. The van der Waals surface area contributed by atoms with Crippen molar-refractivity contribution in [3.63, 3.8) is 0 Å². The van der Waals surface area contributed by atoms with Gasteiger partial charge in [-0.3, -0.25) is 9.20 Å². The van der Waals surface area contributed by atoms with Crippen LogP contribution in [0.1, 0.15) is 24.0 Å². The molecular formula is C24H21ClFN3O4. The molecule has 170 valence electrons. The Morgan fingerprint density at radius 2 is 2.06 bits per heavy atom. The molecule has 0 unspecified atom stereocenters. The van der Waals surface area contributed by atoms with Gasteiger partial charge < -0.3 is 14.2 Å². The largest absolute Gasteiger partial charge is 0.489 e. The van der Waals surface area contributed by atoms with E-state index < -0.39 is 17.2 Å². The van der Waals surface area contributed by atoms with E-state index >= 15 is 0 Å². The fourth-order valence-electron chi connectivity index (χ4n) is 4.37. The van der Waals surface area contributed by atoms with Gasteiger partial charge in [-0.05, 0) is 59.8 Å². The van der Waals surface area contributed by atoms with Crippen LogP contribution in [0.4, 0.5) is 4.39 Å². The van der Waals surface area contributed by atoms with Crippen molar-refractivity contribution in [3.8, 4) is 5.75 Å². The van der Waals surface area contributed by atoms with Crippen molar-refractivity contribution < 1.29 is 23.4 Å². The number of carbonyl (C=O) groups excluding carboxylic acids is 1. The van der Waals surface area contributed by atoms with Gasteiger partial charge in [-0.2, -0.15) is 0 Å². The quantitative estimate of drug-likeness (QED) is 0.317. The van der Waals surface area contributed by atoms with Crippen molar-refractivity contribution in [2.75, 3.05) is 20.3 Å². The molecule has 1 fully saturated rings. The third-order valence-electron chi connectivity index (χ3n) is 6.11. The maximum atomic E-state index is 14.5. The van der Waals surface area contributed by atoms with E-state index in [1.807, 2.05) is 18.2 Å². The smallest absolute Gasteiger partial charge is 0.316 e. The Kier molecular flexibility index (Phi) is 5.64. The van der Waals surface area contributed by atoms with Gasteiger partial charge in [0.05, 0.1) is 18.0 Å². The summed E-state index contributed by atoms with van der Waals surface area (Å²) in [6.07, 6.45) is 4.26. The molecule has 2 aromatic carbocycles. The summed E-state index contributed by atoms with van der Waals surface area (Å²) >= 11 is 6.25. The van der Waals surface area contributed by atoms with Crippen LogP contribution in [0.5, 0.6) is 5.75 Å². The Bertz CT molecular complexity index is 1350. The van der Waals surface area contributed by atoms with Crippen molar-refractivity contribution in [1.82, 2.24) is 14.4 Å². The summed E-state index contributed by atoms with van der Waals surface area (Å²) in [5.74, 6) is -0.550. The molecule has 0 bridgehead atoms. The zero-order valence-corrected chi connectivity index (χ0v) is 18.6. The van der Waals surface area contributed by atoms with Crippen LogP contribution in [0, 0.1) is 5.82 Å². The Morgan fingerprint density at radius 1 is 1.24 bits per heavy atom. The number of esters is 1. The first-order valence-electron chi connectivity index (χ1n) is 10.5. The lowest BCUT2D eigenvalue weighted by atomic mass is 9.74. The van der Waals surface area contributed by atoms with Crippen LogP contribution in [-0.4, -0.2) is 40.7 Å². The average molecular weight is 470 g/mol. The van der Waals surface area contributed by atoms with Gasteiger partial charge in [0.2, 0.25) is 5.28 Å². The standard InChI is InChI=1S/C24H21ClFN3O4/c1-31-22(30)24(4-8-32-9-5-24)16-11-17(26)13-18(12-16)33-14-15-2-3-19-20(10-15)28-23(25)29-7-6-27-21(19)29/h2-3,6-7,10-13H,4-5,8-9,14H2,1H3. The molecule has 0 atom stereocenters. The number of hydrogen-bond acceptors (Lipinski definition) is 6. The second kappa shape index (κ2) is 8.61. The Morgan fingerprint density at radius 3 is 2.85 bits per heavy atom. The number of nitrogens with zero attached hydrogens (tertiary/aromatic N) is 3. The van der Waals surface area contributed by atoms with Gasteiger partial charge in [-0.1, -0.05) is 6.07 Å². The summed E-state index contributed by atoms with van der Waals surface area (Å²) in [6, 6.07) is 10.1. The van der Waals surface area contributed by atoms with E-state index in [-0.39, 0.29) is 6.61 Å². The number of halogens is 2. The maximum absolute atomic E-state index is 14.5. The van der Waals surface area contributed by atoms with Crippen molar-refractivity contribution in [2.45, 2.75) is 24.9 Å². The van der Waals surface area contributed by atoms with Crippen LogP contribution in [0.2, 0.25) is 5.28 Å². The maximum Gasteiger partial charge on any atom is 0.316 e. The first-order chi connectivity index (χ1) is 16.0. The van der Waals surface area contributed by atoms with E-state index in [1.54, 1.807) is 22.9 Å². The number of benzene rings is 2. The predicted molar refractivity (Wildman–Crippen MR) is 120 cm³/mol. The van der Waals surface area contributed by atoms with Gasteiger partial charge in [0.15, 0.2) is 0 Å². The Labute approximate surface area is 194 Å². The molecule has 1 saturated heterocycles. The SMILES string of the molecule is COC(=O)C1(c2cc(F)cc(OCc3ccc4c(c3)nc(Cl)n3ccnc43)c2)CCOCC1. The average Bonchev–Trinajstić information content (AvgIpc) is 3.33. The van der Waals surface area contributed by atoms with E-state index in [0.717, 1.165) is 16.6 Å². The molecule has 9 heteroatoms. The first kappa shape index (κ1) is 21.6. The number of rotatable bonds is 5. The van der Waals surface area contributed by atoms with Crippen LogP contribution < -0.4 is 4.74 Å². The van der Waals surface area contributed by atoms with E-state index in [0.29, 0.717) is 48.2 Å². The highest BCUT2D eigenvalue weighted by Gasteiger charge is 2.43. The number of hydrogen-bond donors (Lipinski definition) is 0. The zero-order valence-electron chi connectivity index (χ0n) is 17.9. The molecule has 1 aliphatic rings. The molecule has 5 rings (SSSR count). The Balaban J connectivity index is 1.43. The number of imidazole rings is 1. The van der Waals surface area contributed by atoms with Crippen molar-refractivity contribution in [1.29, 1.82) is 0 Å². The lowest BCUT2D eigenvalue weighted by Gasteiger charge is -2.35. The van der Waals surface area contributed by atoms with E-state index in [9.17, 15) is 9.18 Å². The molecule has 0 radical (unpaired) electrons. The van der Waals surface area contributed by atoms with Gasteiger partial charge >= 0.3 is 5.97 Å². The normalized spacial score (nSPS) is 15.6. The number of carbonyl (C=O) groups is 1. The lowest BCUT2D eigenvalue weighted by Crippen LogP contribution is -2.42. The topological polar surface area (TPSA) is 75.0 Å². The second-order valence-corrected chi connectivity index (χ2v) is 8.34. The number of ether oxygens (including phenoxy) is 3. The molecule has 7 nitrogen and oxygen atoms in total. The lowest BCUT2D eigenvalue weighted by molar-refractivity contribution is -0.151. The van der Waals surface area contributed by atoms with Gasteiger partial charge in [0.25, 0.3) is 0 Å². The van der Waals surface area contributed by atoms with Crippen molar-refractivity contribution in [3.05, 3.63) is 71.0 Å². The van der Waals surface area contributed by atoms with E-state index in [2.05, 4.69) is 9.97 Å². The predicted octanol–water partition coefficient (Wildman–Crippen LogP) is 4.48. The minimum Gasteiger partial charge on any atom is -0.489 e. The molecular weight excluding hydrogens is 449 g/mol. The third kappa shape index (κ3) is 3.89.